The van der Waals surface area contributed by atoms with E-state index in [2.05, 4.69) is 6.92 Å². The van der Waals surface area contributed by atoms with Gasteiger partial charge in [0.05, 0.1) is 4.90 Å². The number of hydrogen-bond acceptors (Lipinski definition) is 3. The molecule has 0 spiro atoms. The molecule has 0 aliphatic heterocycles. The van der Waals surface area contributed by atoms with E-state index in [1.165, 1.54) is 4.31 Å². The van der Waals surface area contributed by atoms with Gasteiger partial charge in [-0.05, 0) is 42.9 Å². The maximum Gasteiger partial charge on any atom is 0.243 e. The molecule has 1 aromatic rings. The van der Waals surface area contributed by atoms with Gasteiger partial charge in [-0.2, -0.15) is 0 Å². The number of benzene rings is 1. The van der Waals surface area contributed by atoms with E-state index in [9.17, 15) is 8.42 Å². The van der Waals surface area contributed by atoms with Crippen LogP contribution in [-0.2, 0) is 10.0 Å². The highest BCUT2D eigenvalue weighted by atomic mass is 32.2. The first kappa shape index (κ1) is 15.4. The van der Waals surface area contributed by atoms with Crippen molar-refractivity contribution in [3.8, 4) is 0 Å². The smallest absolute Gasteiger partial charge is 0.243 e. The number of rotatable bonds is 5. The molecule has 4 nitrogen and oxygen atoms in total. The molecule has 6 heteroatoms. The lowest BCUT2D eigenvalue weighted by atomic mass is 10.1. The summed E-state index contributed by atoms with van der Waals surface area (Å²) in [6, 6.07) is 4.98. The van der Waals surface area contributed by atoms with Crippen molar-refractivity contribution in [2.24, 2.45) is 17.6 Å². The Morgan fingerprint density at radius 3 is 2.55 bits per heavy atom. The van der Waals surface area contributed by atoms with Gasteiger partial charge in [-0.25, -0.2) is 12.7 Å². The van der Waals surface area contributed by atoms with E-state index in [1.807, 2.05) is 0 Å². The molecule has 1 aromatic carbocycles. The van der Waals surface area contributed by atoms with Crippen LogP contribution >= 0.6 is 12.2 Å². The van der Waals surface area contributed by atoms with E-state index in [0.29, 0.717) is 34.4 Å². The van der Waals surface area contributed by atoms with Crippen LogP contribution in [0.3, 0.4) is 0 Å². The molecule has 0 heterocycles. The van der Waals surface area contributed by atoms with Gasteiger partial charge in [-0.1, -0.05) is 25.2 Å². The molecule has 0 radical (unpaired) electrons. The summed E-state index contributed by atoms with van der Waals surface area (Å²) in [5.74, 6) is 1.12. The Bertz CT molecular complexity index is 641. The second-order valence-corrected chi connectivity index (χ2v) is 8.06. The van der Waals surface area contributed by atoms with Crippen LogP contribution in [0.25, 0.3) is 0 Å². The summed E-state index contributed by atoms with van der Waals surface area (Å²) in [7, 11) is -1.80. The summed E-state index contributed by atoms with van der Waals surface area (Å²) in [6.07, 6.45) is 1.11. The third kappa shape index (κ3) is 3.02. The van der Waals surface area contributed by atoms with E-state index in [0.717, 1.165) is 6.42 Å². The minimum Gasteiger partial charge on any atom is -0.389 e. The third-order valence-electron chi connectivity index (χ3n) is 3.92. The van der Waals surface area contributed by atoms with Crippen molar-refractivity contribution >= 4 is 27.2 Å². The highest BCUT2D eigenvalue weighted by Crippen LogP contribution is 2.38. The maximum absolute atomic E-state index is 12.6. The lowest BCUT2D eigenvalue weighted by Gasteiger charge is -2.19. The summed E-state index contributed by atoms with van der Waals surface area (Å²) in [4.78, 5) is 0.602. The summed E-state index contributed by atoms with van der Waals surface area (Å²) < 4.78 is 26.6. The molecular formula is C14H20N2O2S2. The van der Waals surface area contributed by atoms with Crippen molar-refractivity contribution in [1.29, 1.82) is 0 Å². The summed E-state index contributed by atoms with van der Waals surface area (Å²) in [5.41, 5.74) is 6.92. The monoisotopic (exact) mass is 312 g/mol. The van der Waals surface area contributed by atoms with Crippen LogP contribution in [0.2, 0.25) is 0 Å². The molecule has 0 aromatic heterocycles. The van der Waals surface area contributed by atoms with Gasteiger partial charge in [-0.3, -0.25) is 0 Å². The normalized spacial score (nSPS) is 22.0. The zero-order valence-corrected chi connectivity index (χ0v) is 13.6. The molecule has 2 unspecified atom stereocenters. The van der Waals surface area contributed by atoms with Crippen molar-refractivity contribution < 1.29 is 8.42 Å². The average molecular weight is 312 g/mol. The Morgan fingerprint density at radius 1 is 1.50 bits per heavy atom. The molecule has 2 atom stereocenters. The molecular weight excluding hydrogens is 292 g/mol. The van der Waals surface area contributed by atoms with Gasteiger partial charge in [0.2, 0.25) is 10.0 Å². The molecule has 20 heavy (non-hydrogen) atoms. The van der Waals surface area contributed by atoms with Gasteiger partial charge in [0.1, 0.15) is 4.99 Å². The standard InChI is InChI=1S/C14H20N2O2S2/c1-9-6-12(9)8-16(3)20(17,18)13-5-4-11(14(15)19)7-10(13)2/h4-5,7,9,12H,6,8H2,1-3H3,(H2,15,19). The first-order valence-corrected chi connectivity index (χ1v) is 8.45. The van der Waals surface area contributed by atoms with Gasteiger partial charge >= 0.3 is 0 Å². The number of nitrogens with two attached hydrogens (primary N) is 1. The predicted molar refractivity (Wildman–Crippen MR) is 84.2 cm³/mol. The largest absolute Gasteiger partial charge is 0.389 e. The second kappa shape index (κ2) is 5.42. The first-order valence-electron chi connectivity index (χ1n) is 6.60. The Kier molecular flexibility index (Phi) is 4.18. The van der Waals surface area contributed by atoms with Crippen molar-refractivity contribution in [1.82, 2.24) is 4.31 Å². The fourth-order valence-corrected chi connectivity index (χ4v) is 3.90. The van der Waals surface area contributed by atoms with Gasteiger partial charge in [0.15, 0.2) is 0 Å². The Morgan fingerprint density at radius 2 is 2.10 bits per heavy atom. The van der Waals surface area contributed by atoms with Crippen LogP contribution in [0.15, 0.2) is 23.1 Å². The lowest BCUT2D eigenvalue weighted by molar-refractivity contribution is 0.444. The molecule has 0 saturated heterocycles. The van der Waals surface area contributed by atoms with Crippen LogP contribution < -0.4 is 5.73 Å². The quantitative estimate of drug-likeness (QED) is 0.844. The lowest BCUT2D eigenvalue weighted by Crippen LogP contribution is -2.30. The van der Waals surface area contributed by atoms with Crippen LogP contribution in [0, 0.1) is 18.8 Å². The summed E-state index contributed by atoms with van der Waals surface area (Å²) >= 11 is 4.91. The van der Waals surface area contributed by atoms with E-state index < -0.39 is 10.0 Å². The first-order chi connectivity index (χ1) is 9.23. The Labute approximate surface area is 126 Å². The molecule has 0 amide bonds. The van der Waals surface area contributed by atoms with Gasteiger partial charge in [0, 0.05) is 19.2 Å². The minimum absolute atomic E-state index is 0.275. The SMILES string of the molecule is Cc1cc(C(N)=S)ccc1S(=O)(=O)N(C)CC1CC1C. The predicted octanol–water partition coefficient (Wildman–Crippen LogP) is 1.91. The molecule has 1 aliphatic carbocycles. The van der Waals surface area contributed by atoms with Gasteiger partial charge in [0.25, 0.3) is 0 Å². The van der Waals surface area contributed by atoms with Crippen LogP contribution in [0.5, 0.6) is 0 Å². The zero-order chi connectivity index (χ0) is 15.1. The fourth-order valence-electron chi connectivity index (χ4n) is 2.34. The topological polar surface area (TPSA) is 63.4 Å². The number of sulfonamides is 1. The Balaban J connectivity index is 2.27. The van der Waals surface area contributed by atoms with E-state index in [-0.39, 0.29) is 4.99 Å². The second-order valence-electron chi connectivity index (χ2n) is 5.60. The Hall–Kier alpha value is -0.980. The van der Waals surface area contributed by atoms with Crippen molar-refractivity contribution in [2.75, 3.05) is 13.6 Å². The highest BCUT2D eigenvalue weighted by molar-refractivity contribution is 7.89. The minimum atomic E-state index is -3.44. The summed E-state index contributed by atoms with van der Waals surface area (Å²) in [6.45, 7) is 4.50. The molecule has 1 saturated carbocycles. The van der Waals surface area contributed by atoms with Gasteiger partial charge in [-0.15, -0.1) is 0 Å². The number of thiocarbonyl (C=S) groups is 1. The van der Waals surface area contributed by atoms with E-state index in [1.54, 1.807) is 32.2 Å². The number of nitrogens with zero attached hydrogens (tertiary/aromatic N) is 1. The van der Waals surface area contributed by atoms with Crippen molar-refractivity contribution in [3.05, 3.63) is 29.3 Å². The van der Waals surface area contributed by atoms with E-state index in [4.69, 9.17) is 18.0 Å². The number of aryl methyl sites for hydroxylation is 1. The fraction of sp³-hybridized carbons (Fsp3) is 0.500. The summed E-state index contributed by atoms with van der Waals surface area (Å²) in [5, 5.41) is 0. The molecule has 2 N–H and O–H groups in total. The molecule has 110 valence electrons. The van der Waals surface area contributed by atoms with Gasteiger partial charge < -0.3 is 5.73 Å². The molecule has 1 fully saturated rings. The maximum atomic E-state index is 12.6. The van der Waals surface area contributed by atoms with Crippen molar-refractivity contribution in [3.63, 3.8) is 0 Å². The molecule has 1 aliphatic rings. The van der Waals surface area contributed by atoms with E-state index >= 15 is 0 Å². The molecule has 2 rings (SSSR count). The number of hydrogen-bond donors (Lipinski definition) is 1. The van der Waals surface area contributed by atoms with Crippen LogP contribution in [-0.4, -0.2) is 31.3 Å². The van der Waals surface area contributed by atoms with Crippen LogP contribution in [0.1, 0.15) is 24.5 Å². The zero-order valence-electron chi connectivity index (χ0n) is 12.0. The van der Waals surface area contributed by atoms with Crippen molar-refractivity contribution in [2.45, 2.75) is 25.2 Å². The highest BCUT2D eigenvalue weighted by Gasteiger charge is 2.36. The third-order valence-corrected chi connectivity index (χ3v) is 6.13. The molecule has 0 bridgehead atoms. The van der Waals surface area contributed by atoms with Crippen LogP contribution in [0.4, 0.5) is 0 Å². The average Bonchev–Trinajstić information content (AvgIpc) is 3.04.